The summed E-state index contributed by atoms with van der Waals surface area (Å²) in [6.45, 7) is 0.398. The summed E-state index contributed by atoms with van der Waals surface area (Å²) in [4.78, 5) is 0. The van der Waals surface area contributed by atoms with E-state index in [4.69, 9.17) is 14.7 Å². The molecule has 0 amide bonds. The van der Waals surface area contributed by atoms with E-state index in [1.54, 1.807) is 0 Å². The summed E-state index contributed by atoms with van der Waals surface area (Å²) in [7, 11) is -2.92. The first-order chi connectivity index (χ1) is 7.61. The fraction of sp³-hybridized carbons (Fsp3) is 0.900. The number of rotatable bonds is 2. The zero-order valence-electron chi connectivity index (χ0n) is 8.96. The van der Waals surface area contributed by atoms with E-state index in [1.165, 1.54) is 0 Å². The second kappa shape index (κ2) is 4.70. The average molecular weight is 245 g/mol. The normalized spacial score (nSPS) is 38.1. The van der Waals surface area contributed by atoms with Crippen LogP contribution in [0.2, 0.25) is 0 Å². The predicted octanol–water partition coefficient (Wildman–Crippen LogP) is 0.466. The van der Waals surface area contributed by atoms with Gasteiger partial charge in [-0.25, -0.2) is 8.42 Å². The number of hydrogen-bond donors (Lipinski definition) is 0. The molecule has 0 bridgehead atoms. The van der Waals surface area contributed by atoms with E-state index in [-0.39, 0.29) is 23.5 Å². The molecule has 0 radical (unpaired) electrons. The molecule has 2 rings (SSSR count). The Bertz CT molecular complexity index is 386. The molecule has 0 N–H and O–H groups in total. The highest BCUT2D eigenvalue weighted by Crippen LogP contribution is 2.28. The highest BCUT2D eigenvalue weighted by atomic mass is 32.2. The summed E-state index contributed by atoms with van der Waals surface area (Å²) < 4.78 is 33.9. The highest BCUT2D eigenvalue weighted by molar-refractivity contribution is 7.91. The summed E-state index contributed by atoms with van der Waals surface area (Å²) in [5, 5.41) is 8.52. The van der Waals surface area contributed by atoms with Crippen molar-refractivity contribution in [2.24, 2.45) is 5.92 Å². The first kappa shape index (κ1) is 11.8. The van der Waals surface area contributed by atoms with Crippen LogP contribution in [0.3, 0.4) is 0 Å². The van der Waals surface area contributed by atoms with Gasteiger partial charge in [-0.2, -0.15) is 5.26 Å². The van der Waals surface area contributed by atoms with Crippen molar-refractivity contribution in [3.8, 4) is 6.07 Å². The largest absolute Gasteiger partial charge is 0.350 e. The van der Waals surface area contributed by atoms with Crippen LogP contribution >= 0.6 is 0 Å². The van der Waals surface area contributed by atoms with Crippen LogP contribution in [0.1, 0.15) is 19.3 Å². The van der Waals surface area contributed by atoms with Gasteiger partial charge in [-0.3, -0.25) is 0 Å². The van der Waals surface area contributed by atoms with Crippen LogP contribution in [0.25, 0.3) is 0 Å². The Labute approximate surface area is 95.3 Å². The van der Waals surface area contributed by atoms with Crippen molar-refractivity contribution in [1.29, 1.82) is 5.26 Å². The van der Waals surface area contributed by atoms with E-state index in [1.807, 2.05) is 6.07 Å². The molecule has 90 valence electrons. The SMILES string of the molecule is N#CCC1COC(C2CCCS(=O)(=O)C2)O1. The molecular weight excluding hydrogens is 230 g/mol. The third kappa shape index (κ3) is 2.73. The Kier molecular flexibility index (Phi) is 3.47. The molecular formula is C10H15NO4S. The number of ether oxygens (including phenoxy) is 2. The lowest BCUT2D eigenvalue weighted by atomic mass is 10.1. The maximum Gasteiger partial charge on any atom is 0.161 e. The topological polar surface area (TPSA) is 76.4 Å². The third-order valence-electron chi connectivity index (χ3n) is 2.98. The van der Waals surface area contributed by atoms with E-state index < -0.39 is 16.1 Å². The fourth-order valence-electron chi connectivity index (χ4n) is 2.20. The summed E-state index contributed by atoms with van der Waals surface area (Å²) in [5.41, 5.74) is 0. The second-order valence-corrected chi connectivity index (χ2v) is 6.57. The van der Waals surface area contributed by atoms with Gasteiger partial charge in [0, 0.05) is 5.92 Å². The van der Waals surface area contributed by atoms with Crippen molar-refractivity contribution in [3.05, 3.63) is 0 Å². The van der Waals surface area contributed by atoms with E-state index in [0.29, 0.717) is 19.4 Å². The first-order valence-corrected chi connectivity index (χ1v) is 7.27. The maximum atomic E-state index is 11.5. The zero-order valence-corrected chi connectivity index (χ0v) is 9.78. The van der Waals surface area contributed by atoms with Crippen LogP contribution in [-0.4, -0.2) is 38.9 Å². The highest BCUT2D eigenvalue weighted by Gasteiger charge is 2.37. The van der Waals surface area contributed by atoms with Crippen molar-refractivity contribution in [1.82, 2.24) is 0 Å². The molecule has 0 saturated carbocycles. The maximum absolute atomic E-state index is 11.5. The van der Waals surface area contributed by atoms with Gasteiger partial charge < -0.3 is 9.47 Å². The number of nitriles is 1. The molecule has 6 heteroatoms. The number of hydrogen-bond acceptors (Lipinski definition) is 5. The summed E-state index contributed by atoms with van der Waals surface area (Å²) in [6, 6.07) is 2.03. The smallest absolute Gasteiger partial charge is 0.161 e. The molecule has 0 aromatic rings. The summed E-state index contributed by atoms with van der Waals surface area (Å²) in [5.74, 6) is 0.358. The van der Waals surface area contributed by atoms with Crippen LogP contribution in [0.15, 0.2) is 0 Å². The molecule has 0 aromatic heterocycles. The van der Waals surface area contributed by atoms with Gasteiger partial charge in [0.05, 0.1) is 36.7 Å². The Balaban J connectivity index is 1.92. The first-order valence-electron chi connectivity index (χ1n) is 5.45. The lowest BCUT2D eigenvalue weighted by molar-refractivity contribution is -0.0926. The Morgan fingerprint density at radius 3 is 2.94 bits per heavy atom. The minimum atomic E-state index is -2.92. The molecule has 3 unspecified atom stereocenters. The van der Waals surface area contributed by atoms with Crippen molar-refractivity contribution >= 4 is 9.84 Å². The third-order valence-corrected chi connectivity index (χ3v) is 4.82. The fourth-order valence-corrected chi connectivity index (χ4v) is 3.95. The van der Waals surface area contributed by atoms with Gasteiger partial charge >= 0.3 is 0 Å². The van der Waals surface area contributed by atoms with Crippen LogP contribution < -0.4 is 0 Å². The van der Waals surface area contributed by atoms with E-state index in [0.717, 1.165) is 6.42 Å². The molecule has 3 atom stereocenters. The Morgan fingerprint density at radius 1 is 1.44 bits per heavy atom. The van der Waals surface area contributed by atoms with Crippen LogP contribution in [-0.2, 0) is 19.3 Å². The zero-order chi connectivity index (χ0) is 11.6. The lowest BCUT2D eigenvalue weighted by Gasteiger charge is -2.26. The monoisotopic (exact) mass is 245 g/mol. The van der Waals surface area contributed by atoms with Gasteiger partial charge in [0.1, 0.15) is 0 Å². The molecule has 16 heavy (non-hydrogen) atoms. The van der Waals surface area contributed by atoms with Crippen LogP contribution in [0.4, 0.5) is 0 Å². The second-order valence-electron chi connectivity index (χ2n) is 4.34. The standard InChI is InChI=1S/C10H15NO4S/c11-4-3-9-6-14-10(15-9)8-2-1-5-16(12,13)7-8/h8-10H,1-3,5-7H2. The summed E-state index contributed by atoms with van der Waals surface area (Å²) in [6.07, 6.45) is 1.17. The molecule has 5 nitrogen and oxygen atoms in total. The molecule has 2 saturated heterocycles. The van der Waals surface area contributed by atoms with E-state index in [9.17, 15) is 8.42 Å². The van der Waals surface area contributed by atoms with Gasteiger partial charge in [0.15, 0.2) is 16.1 Å². The minimum absolute atomic E-state index is 0.0672. The van der Waals surface area contributed by atoms with Crippen molar-refractivity contribution in [2.45, 2.75) is 31.7 Å². The number of nitrogens with zero attached hydrogens (tertiary/aromatic N) is 1. The van der Waals surface area contributed by atoms with Crippen LogP contribution in [0.5, 0.6) is 0 Å². The van der Waals surface area contributed by atoms with Gasteiger partial charge in [-0.1, -0.05) is 0 Å². The van der Waals surface area contributed by atoms with E-state index in [2.05, 4.69) is 0 Å². The Morgan fingerprint density at radius 2 is 2.25 bits per heavy atom. The van der Waals surface area contributed by atoms with Crippen molar-refractivity contribution < 1.29 is 17.9 Å². The molecule has 2 heterocycles. The molecule has 0 aliphatic carbocycles. The number of sulfone groups is 1. The molecule has 0 spiro atoms. The summed E-state index contributed by atoms with van der Waals surface area (Å²) >= 11 is 0. The Hall–Kier alpha value is -0.640. The van der Waals surface area contributed by atoms with Gasteiger partial charge in [0.2, 0.25) is 0 Å². The predicted molar refractivity (Wildman–Crippen MR) is 56.2 cm³/mol. The van der Waals surface area contributed by atoms with Crippen LogP contribution in [0, 0.1) is 17.2 Å². The van der Waals surface area contributed by atoms with Gasteiger partial charge in [-0.05, 0) is 12.8 Å². The van der Waals surface area contributed by atoms with Gasteiger partial charge in [-0.15, -0.1) is 0 Å². The molecule has 2 aliphatic rings. The van der Waals surface area contributed by atoms with E-state index >= 15 is 0 Å². The minimum Gasteiger partial charge on any atom is -0.350 e. The quantitative estimate of drug-likeness (QED) is 0.706. The van der Waals surface area contributed by atoms with Crippen molar-refractivity contribution in [2.75, 3.05) is 18.1 Å². The van der Waals surface area contributed by atoms with Gasteiger partial charge in [0.25, 0.3) is 0 Å². The van der Waals surface area contributed by atoms with Crippen molar-refractivity contribution in [3.63, 3.8) is 0 Å². The lowest BCUT2D eigenvalue weighted by Crippen LogP contribution is -2.34. The average Bonchev–Trinajstić information content (AvgIpc) is 2.65. The molecule has 0 aromatic carbocycles. The molecule has 2 aliphatic heterocycles. The molecule has 2 fully saturated rings.